The Morgan fingerprint density at radius 2 is 1.89 bits per heavy atom. The van der Waals surface area contributed by atoms with E-state index in [9.17, 15) is 4.79 Å². The van der Waals surface area contributed by atoms with Crippen molar-refractivity contribution in [3.8, 4) is 5.75 Å². The monoisotopic (exact) mass is 478 g/mol. The van der Waals surface area contributed by atoms with E-state index in [1.807, 2.05) is 6.07 Å². The fraction of sp³-hybridized carbons (Fsp3) is 0.536. The maximum atomic E-state index is 13.5. The van der Waals surface area contributed by atoms with Crippen molar-refractivity contribution in [2.45, 2.75) is 25.8 Å². The van der Waals surface area contributed by atoms with Gasteiger partial charge in [0.25, 0.3) is 0 Å². The second kappa shape index (κ2) is 10.9. The number of hydrogen-bond donors (Lipinski definition) is 1. The molecule has 3 aliphatic heterocycles. The molecule has 2 atom stereocenters. The van der Waals surface area contributed by atoms with Crippen LogP contribution in [0.4, 0.5) is 11.4 Å². The normalized spacial score (nSPS) is 22.3. The van der Waals surface area contributed by atoms with Crippen molar-refractivity contribution in [1.82, 2.24) is 10.2 Å². The predicted molar refractivity (Wildman–Crippen MR) is 140 cm³/mol. The molecule has 2 aromatic rings. The van der Waals surface area contributed by atoms with Gasteiger partial charge in [-0.15, -0.1) is 0 Å². The fourth-order valence-electron chi connectivity index (χ4n) is 5.66. The molecule has 35 heavy (non-hydrogen) atoms. The molecule has 3 aliphatic rings. The van der Waals surface area contributed by atoms with Gasteiger partial charge in [0.2, 0.25) is 5.91 Å². The Balaban J connectivity index is 1.30. The number of ether oxygens (including phenoxy) is 2. The molecule has 0 radical (unpaired) electrons. The molecule has 3 heterocycles. The van der Waals surface area contributed by atoms with Gasteiger partial charge in [-0.3, -0.25) is 9.69 Å². The second-order valence-electron chi connectivity index (χ2n) is 9.95. The highest BCUT2D eigenvalue weighted by molar-refractivity contribution is 5.82. The predicted octanol–water partition coefficient (Wildman–Crippen LogP) is 2.71. The van der Waals surface area contributed by atoms with Gasteiger partial charge in [0.1, 0.15) is 5.75 Å². The lowest BCUT2D eigenvalue weighted by Gasteiger charge is -2.49. The summed E-state index contributed by atoms with van der Waals surface area (Å²) in [6, 6.07) is 15.2. The van der Waals surface area contributed by atoms with Crippen LogP contribution >= 0.6 is 0 Å². The summed E-state index contributed by atoms with van der Waals surface area (Å²) in [7, 11) is 1.71. The SMILES string of the molecule is COc1ccc2c(c1)N1CCN(c3ccc(C)cc3)C[C@@H]1[C@H](C(=O)NCCCN1CCOCC1)C2. The summed E-state index contributed by atoms with van der Waals surface area (Å²) < 4.78 is 11.0. The van der Waals surface area contributed by atoms with Crippen molar-refractivity contribution in [3.63, 3.8) is 0 Å². The van der Waals surface area contributed by atoms with Crippen LogP contribution in [0.3, 0.4) is 0 Å². The van der Waals surface area contributed by atoms with Crippen molar-refractivity contribution in [2.24, 2.45) is 5.92 Å². The molecule has 1 amide bonds. The van der Waals surface area contributed by atoms with E-state index in [1.54, 1.807) is 7.11 Å². The van der Waals surface area contributed by atoms with E-state index in [1.165, 1.54) is 22.5 Å². The van der Waals surface area contributed by atoms with Gasteiger partial charge in [-0.05, 0) is 50.1 Å². The zero-order valence-corrected chi connectivity index (χ0v) is 21.0. The molecule has 5 rings (SSSR count). The number of methoxy groups -OCH3 is 1. The molecule has 0 unspecified atom stereocenters. The Labute approximate surface area is 209 Å². The number of piperazine rings is 1. The van der Waals surface area contributed by atoms with Gasteiger partial charge < -0.3 is 24.6 Å². The topological polar surface area (TPSA) is 57.3 Å². The van der Waals surface area contributed by atoms with Crippen LogP contribution in [-0.2, 0) is 16.0 Å². The van der Waals surface area contributed by atoms with Gasteiger partial charge in [0.15, 0.2) is 0 Å². The first-order valence-electron chi connectivity index (χ1n) is 13.0. The number of aryl methyl sites for hydroxylation is 1. The highest BCUT2D eigenvalue weighted by atomic mass is 16.5. The number of morpholine rings is 1. The van der Waals surface area contributed by atoms with Crippen molar-refractivity contribution in [3.05, 3.63) is 53.6 Å². The summed E-state index contributed by atoms with van der Waals surface area (Å²) >= 11 is 0. The minimum absolute atomic E-state index is 0.0764. The molecule has 7 nitrogen and oxygen atoms in total. The molecule has 2 saturated heterocycles. The quantitative estimate of drug-likeness (QED) is 0.618. The molecule has 2 aromatic carbocycles. The van der Waals surface area contributed by atoms with Crippen LogP contribution in [0.15, 0.2) is 42.5 Å². The van der Waals surface area contributed by atoms with Crippen LogP contribution in [0, 0.1) is 12.8 Å². The van der Waals surface area contributed by atoms with Gasteiger partial charge >= 0.3 is 0 Å². The van der Waals surface area contributed by atoms with E-state index in [0.717, 1.165) is 77.6 Å². The van der Waals surface area contributed by atoms with Crippen LogP contribution in [0.1, 0.15) is 17.5 Å². The second-order valence-corrected chi connectivity index (χ2v) is 9.95. The van der Waals surface area contributed by atoms with Crippen molar-refractivity contribution in [1.29, 1.82) is 0 Å². The number of anilines is 2. The van der Waals surface area contributed by atoms with Crippen LogP contribution < -0.4 is 19.9 Å². The number of carbonyl (C=O) groups excluding carboxylic acids is 1. The van der Waals surface area contributed by atoms with Gasteiger partial charge in [0.05, 0.1) is 32.3 Å². The molecule has 0 saturated carbocycles. The van der Waals surface area contributed by atoms with Crippen molar-refractivity contribution in [2.75, 3.05) is 75.9 Å². The first-order valence-corrected chi connectivity index (χ1v) is 13.0. The summed E-state index contributed by atoms with van der Waals surface area (Å²) in [5, 5.41) is 3.27. The maximum Gasteiger partial charge on any atom is 0.225 e. The number of rotatable bonds is 7. The first kappa shape index (κ1) is 23.9. The van der Waals surface area contributed by atoms with Crippen molar-refractivity contribution >= 4 is 17.3 Å². The summed E-state index contributed by atoms with van der Waals surface area (Å²) in [5.41, 5.74) is 4.95. The third kappa shape index (κ3) is 5.41. The molecular formula is C28H38N4O3. The molecule has 7 heteroatoms. The van der Waals surface area contributed by atoms with E-state index in [4.69, 9.17) is 9.47 Å². The van der Waals surface area contributed by atoms with Crippen LogP contribution in [0.5, 0.6) is 5.75 Å². The largest absolute Gasteiger partial charge is 0.497 e. The molecule has 0 aromatic heterocycles. The third-order valence-electron chi connectivity index (χ3n) is 7.71. The van der Waals surface area contributed by atoms with Gasteiger partial charge in [-0.1, -0.05) is 23.8 Å². The van der Waals surface area contributed by atoms with E-state index in [2.05, 4.69) is 63.3 Å². The highest BCUT2D eigenvalue weighted by Crippen LogP contribution is 2.39. The number of hydrogen-bond acceptors (Lipinski definition) is 6. The lowest BCUT2D eigenvalue weighted by Crippen LogP contribution is -2.61. The average molecular weight is 479 g/mol. The fourth-order valence-corrected chi connectivity index (χ4v) is 5.66. The number of benzene rings is 2. The average Bonchev–Trinajstić information content (AvgIpc) is 2.91. The third-order valence-corrected chi connectivity index (χ3v) is 7.71. The van der Waals surface area contributed by atoms with Gasteiger partial charge in [-0.25, -0.2) is 0 Å². The summed E-state index contributed by atoms with van der Waals surface area (Å²) in [5.74, 6) is 0.969. The minimum Gasteiger partial charge on any atom is -0.497 e. The zero-order chi connectivity index (χ0) is 24.2. The number of nitrogens with one attached hydrogen (secondary N) is 1. The molecule has 1 N–H and O–H groups in total. The standard InChI is InChI=1S/C28H38N4O3/c1-21-4-7-23(8-5-21)31-12-13-32-26-19-24(34-2)9-6-22(26)18-25(27(32)20-31)28(33)29-10-3-11-30-14-16-35-17-15-30/h4-9,19,25,27H,3,10-18,20H2,1-2H3,(H,29,33)/t25-,27-/m1/s1. The van der Waals surface area contributed by atoms with E-state index in [0.29, 0.717) is 0 Å². The Morgan fingerprint density at radius 3 is 2.66 bits per heavy atom. The summed E-state index contributed by atoms with van der Waals surface area (Å²) in [6.07, 6.45) is 1.73. The summed E-state index contributed by atoms with van der Waals surface area (Å²) in [4.78, 5) is 20.8. The minimum atomic E-state index is -0.0764. The lowest BCUT2D eigenvalue weighted by molar-refractivity contribution is -0.125. The zero-order valence-electron chi connectivity index (χ0n) is 21.0. The molecule has 0 bridgehead atoms. The first-order chi connectivity index (χ1) is 17.1. The van der Waals surface area contributed by atoms with E-state index >= 15 is 0 Å². The van der Waals surface area contributed by atoms with E-state index < -0.39 is 0 Å². The molecule has 0 spiro atoms. The van der Waals surface area contributed by atoms with Gasteiger partial charge in [0, 0.05) is 56.7 Å². The van der Waals surface area contributed by atoms with Gasteiger partial charge in [-0.2, -0.15) is 0 Å². The number of carbonyl (C=O) groups is 1. The number of nitrogens with zero attached hydrogens (tertiary/aromatic N) is 3. The smallest absolute Gasteiger partial charge is 0.225 e. The molecule has 0 aliphatic carbocycles. The Hall–Kier alpha value is -2.77. The number of fused-ring (bicyclic) bond motifs is 3. The van der Waals surface area contributed by atoms with Crippen LogP contribution in [0.25, 0.3) is 0 Å². The lowest BCUT2D eigenvalue weighted by atomic mass is 9.83. The summed E-state index contributed by atoms with van der Waals surface area (Å²) in [6.45, 7) is 10.1. The molecule has 2 fully saturated rings. The number of amides is 1. The Morgan fingerprint density at radius 1 is 1.09 bits per heavy atom. The molecular weight excluding hydrogens is 440 g/mol. The Bertz CT molecular complexity index is 1010. The molecule has 188 valence electrons. The van der Waals surface area contributed by atoms with E-state index in [-0.39, 0.29) is 17.9 Å². The maximum absolute atomic E-state index is 13.5. The van der Waals surface area contributed by atoms with Crippen LogP contribution in [-0.4, -0.2) is 83.0 Å². The highest BCUT2D eigenvalue weighted by Gasteiger charge is 2.41. The van der Waals surface area contributed by atoms with Crippen LogP contribution in [0.2, 0.25) is 0 Å². The Kier molecular flexibility index (Phi) is 7.44. The van der Waals surface area contributed by atoms with Crippen molar-refractivity contribution < 1.29 is 14.3 Å².